The minimum atomic E-state index is 0.0388. The Labute approximate surface area is 83.8 Å². The molecule has 2 aromatic rings. The zero-order valence-electron chi connectivity index (χ0n) is 8.78. The Hall–Kier alpha value is -1.51. The number of pyridine rings is 1. The Morgan fingerprint density at radius 1 is 1.29 bits per heavy atom. The molecule has 0 bridgehead atoms. The molecule has 3 heteroatoms. The highest BCUT2D eigenvalue weighted by Gasteiger charge is 2.12. The Kier molecular flexibility index (Phi) is 1.95. The first-order valence-corrected chi connectivity index (χ1v) is 4.76. The van der Waals surface area contributed by atoms with E-state index in [1.807, 2.05) is 35.0 Å². The highest BCUT2D eigenvalue weighted by atomic mass is 15.2. The maximum absolute atomic E-state index is 4.33. The summed E-state index contributed by atoms with van der Waals surface area (Å²) in [5, 5.41) is 3.36. The molecule has 74 valence electrons. The Morgan fingerprint density at radius 2 is 2.07 bits per heavy atom. The van der Waals surface area contributed by atoms with Gasteiger partial charge < -0.3 is 5.32 Å². The lowest BCUT2D eigenvalue weighted by Gasteiger charge is -2.20. The van der Waals surface area contributed by atoms with Crippen molar-refractivity contribution in [3.63, 3.8) is 0 Å². The van der Waals surface area contributed by atoms with Crippen LogP contribution in [-0.2, 0) is 0 Å². The lowest BCUT2D eigenvalue weighted by atomic mass is 10.1. The van der Waals surface area contributed by atoms with Gasteiger partial charge in [0.05, 0.1) is 11.7 Å². The van der Waals surface area contributed by atoms with Crippen LogP contribution in [0.15, 0.2) is 30.6 Å². The van der Waals surface area contributed by atoms with Crippen LogP contribution in [0.4, 0.5) is 5.95 Å². The molecule has 0 aliphatic rings. The monoisotopic (exact) mass is 189 g/mol. The summed E-state index contributed by atoms with van der Waals surface area (Å²) >= 11 is 0. The van der Waals surface area contributed by atoms with Crippen LogP contribution in [0.1, 0.15) is 20.8 Å². The second-order valence-electron chi connectivity index (χ2n) is 4.45. The van der Waals surface area contributed by atoms with E-state index in [-0.39, 0.29) is 5.54 Å². The minimum Gasteiger partial charge on any atom is -0.351 e. The molecule has 0 aromatic carbocycles. The molecule has 0 fully saturated rings. The number of hydrogen-bond donors (Lipinski definition) is 1. The summed E-state index contributed by atoms with van der Waals surface area (Å²) in [5.74, 6) is 0.896. The van der Waals surface area contributed by atoms with Crippen molar-refractivity contribution >= 4 is 11.5 Å². The first-order valence-electron chi connectivity index (χ1n) is 4.76. The van der Waals surface area contributed by atoms with Crippen LogP contribution in [0, 0.1) is 0 Å². The topological polar surface area (TPSA) is 29.3 Å². The molecule has 0 aliphatic carbocycles. The van der Waals surface area contributed by atoms with Crippen LogP contribution in [0.5, 0.6) is 0 Å². The molecule has 0 radical (unpaired) electrons. The van der Waals surface area contributed by atoms with Crippen LogP contribution in [0.3, 0.4) is 0 Å². The molecular formula is C11H15N3. The predicted molar refractivity (Wildman–Crippen MR) is 58.6 cm³/mol. The molecule has 0 aliphatic heterocycles. The van der Waals surface area contributed by atoms with Crippen molar-refractivity contribution in [1.82, 2.24) is 9.38 Å². The first kappa shape index (κ1) is 9.06. The predicted octanol–water partition coefficient (Wildman–Crippen LogP) is 2.54. The van der Waals surface area contributed by atoms with E-state index in [4.69, 9.17) is 0 Å². The van der Waals surface area contributed by atoms with Gasteiger partial charge in [-0.15, -0.1) is 0 Å². The highest BCUT2D eigenvalue weighted by molar-refractivity contribution is 5.52. The summed E-state index contributed by atoms with van der Waals surface area (Å²) in [4.78, 5) is 4.33. The van der Waals surface area contributed by atoms with Crippen molar-refractivity contribution in [2.24, 2.45) is 0 Å². The number of fused-ring (bicyclic) bond motifs is 1. The number of rotatable bonds is 1. The van der Waals surface area contributed by atoms with E-state index in [2.05, 4.69) is 31.1 Å². The molecule has 2 rings (SSSR count). The van der Waals surface area contributed by atoms with Crippen molar-refractivity contribution in [3.05, 3.63) is 30.6 Å². The fourth-order valence-corrected chi connectivity index (χ4v) is 1.37. The summed E-state index contributed by atoms with van der Waals surface area (Å²) < 4.78 is 2.05. The van der Waals surface area contributed by atoms with Gasteiger partial charge in [0.1, 0.15) is 0 Å². The van der Waals surface area contributed by atoms with Gasteiger partial charge in [0.25, 0.3) is 0 Å². The number of nitrogens with zero attached hydrogens (tertiary/aromatic N) is 2. The maximum Gasteiger partial charge on any atom is 0.207 e. The van der Waals surface area contributed by atoms with E-state index in [1.54, 1.807) is 0 Å². The van der Waals surface area contributed by atoms with Gasteiger partial charge in [-0.05, 0) is 32.9 Å². The minimum absolute atomic E-state index is 0.0388. The van der Waals surface area contributed by atoms with E-state index in [1.165, 1.54) is 0 Å². The fourth-order valence-electron chi connectivity index (χ4n) is 1.37. The fraction of sp³-hybridized carbons (Fsp3) is 0.364. The molecule has 0 saturated carbocycles. The second-order valence-corrected chi connectivity index (χ2v) is 4.45. The second kappa shape index (κ2) is 3.01. The smallest absolute Gasteiger partial charge is 0.207 e. The van der Waals surface area contributed by atoms with Gasteiger partial charge in [0.15, 0.2) is 0 Å². The summed E-state index contributed by atoms with van der Waals surface area (Å²) in [6, 6.07) is 6.06. The molecule has 0 unspecified atom stereocenters. The average molecular weight is 189 g/mol. The standard InChI is InChI=1S/C11H15N3/c1-11(2,3)13-10-12-8-9-6-4-5-7-14(9)10/h4-8H,1-3H3,(H,12,13). The van der Waals surface area contributed by atoms with Gasteiger partial charge >= 0.3 is 0 Å². The summed E-state index contributed by atoms with van der Waals surface area (Å²) in [6.07, 6.45) is 3.88. The van der Waals surface area contributed by atoms with Gasteiger partial charge in [-0.2, -0.15) is 0 Å². The zero-order chi connectivity index (χ0) is 10.2. The molecule has 0 saturated heterocycles. The zero-order valence-corrected chi connectivity index (χ0v) is 8.78. The molecule has 0 spiro atoms. The third-order valence-corrected chi connectivity index (χ3v) is 1.93. The van der Waals surface area contributed by atoms with E-state index < -0.39 is 0 Å². The van der Waals surface area contributed by atoms with E-state index in [9.17, 15) is 0 Å². The quantitative estimate of drug-likeness (QED) is 0.747. The normalized spacial score (nSPS) is 11.9. The molecule has 3 nitrogen and oxygen atoms in total. The van der Waals surface area contributed by atoms with Crippen LogP contribution >= 0.6 is 0 Å². The molecule has 2 aromatic heterocycles. The molecule has 0 atom stereocenters. The average Bonchev–Trinajstić information content (AvgIpc) is 2.47. The SMILES string of the molecule is CC(C)(C)Nc1ncc2ccccn12. The van der Waals surface area contributed by atoms with Gasteiger partial charge in [0, 0.05) is 11.7 Å². The van der Waals surface area contributed by atoms with Gasteiger partial charge in [-0.25, -0.2) is 4.98 Å². The number of imidazole rings is 1. The number of nitrogens with one attached hydrogen (secondary N) is 1. The van der Waals surface area contributed by atoms with Crippen molar-refractivity contribution in [2.45, 2.75) is 26.3 Å². The van der Waals surface area contributed by atoms with Gasteiger partial charge in [0.2, 0.25) is 5.95 Å². The molecular weight excluding hydrogens is 174 g/mol. The number of anilines is 1. The Bertz CT molecular complexity index is 437. The Balaban J connectivity index is 2.44. The third kappa shape index (κ3) is 1.71. The first-order chi connectivity index (χ1) is 6.56. The molecule has 14 heavy (non-hydrogen) atoms. The number of hydrogen-bond acceptors (Lipinski definition) is 2. The largest absolute Gasteiger partial charge is 0.351 e. The van der Waals surface area contributed by atoms with Crippen molar-refractivity contribution < 1.29 is 0 Å². The third-order valence-electron chi connectivity index (χ3n) is 1.93. The molecule has 1 N–H and O–H groups in total. The van der Waals surface area contributed by atoms with E-state index >= 15 is 0 Å². The van der Waals surface area contributed by atoms with Crippen molar-refractivity contribution in [1.29, 1.82) is 0 Å². The van der Waals surface area contributed by atoms with Crippen LogP contribution in [0.25, 0.3) is 5.52 Å². The van der Waals surface area contributed by atoms with Crippen molar-refractivity contribution in [2.75, 3.05) is 5.32 Å². The molecule has 0 amide bonds. The van der Waals surface area contributed by atoms with E-state index in [0.717, 1.165) is 11.5 Å². The van der Waals surface area contributed by atoms with Crippen LogP contribution < -0.4 is 5.32 Å². The Morgan fingerprint density at radius 3 is 2.79 bits per heavy atom. The lowest BCUT2D eigenvalue weighted by molar-refractivity contribution is 0.625. The summed E-state index contributed by atoms with van der Waals surface area (Å²) in [7, 11) is 0. The summed E-state index contributed by atoms with van der Waals surface area (Å²) in [6.45, 7) is 6.37. The van der Waals surface area contributed by atoms with Crippen molar-refractivity contribution in [3.8, 4) is 0 Å². The maximum atomic E-state index is 4.33. The highest BCUT2D eigenvalue weighted by Crippen LogP contribution is 2.15. The van der Waals surface area contributed by atoms with Gasteiger partial charge in [-0.3, -0.25) is 4.40 Å². The molecule has 2 heterocycles. The van der Waals surface area contributed by atoms with Crippen LogP contribution in [-0.4, -0.2) is 14.9 Å². The lowest BCUT2D eigenvalue weighted by Crippen LogP contribution is -2.27. The van der Waals surface area contributed by atoms with Crippen LogP contribution in [0.2, 0.25) is 0 Å². The summed E-state index contributed by atoms with van der Waals surface area (Å²) in [5.41, 5.74) is 1.15. The number of aromatic nitrogens is 2. The van der Waals surface area contributed by atoms with Gasteiger partial charge in [-0.1, -0.05) is 6.07 Å². The van der Waals surface area contributed by atoms with E-state index in [0.29, 0.717) is 0 Å².